The van der Waals surface area contributed by atoms with Gasteiger partial charge < -0.3 is 25.3 Å². The topological polar surface area (TPSA) is 85.0 Å². The van der Waals surface area contributed by atoms with Crippen molar-refractivity contribution in [2.75, 3.05) is 52.1 Å². The predicted molar refractivity (Wildman–Crippen MR) is 114 cm³/mol. The van der Waals surface area contributed by atoms with E-state index < -0.39 is 5.41 Å². The number of halogens is 1. The van der Waals surface area contributed by atoms with Crippen LogP contribution in [-0.4, -0.2) is 79.5 Å². The molecular formula is C21H28ClN5O3. The van der Waals surface area contributed by atoms with Crippen LogP contribution in [0.15, 0.2) is 24.3 Å². The van der Waals surface area contributed by atoms with Crippen LogP contribution >= 0.6 is 11.6 Å². The zero-order chi connectivity index (χ0) is 21.5. The van der Waals surface area contributed by atoms with Gasteiger partial charge in [-0.3, -0.25) is 4.79 Å². The summed E-state index contributed by atoms with van der Waals surface area (Å²) in [5.74, 6) is 0.0515. The maximum absolute atomic E-state index is 12.9. The Balaban J connectivity index is 1.48. The monoisotopic (exact) mass is 433 g/mol. The average Bonchev–Trinajstić information content (AvgIpc) is 3.25. The highest BCUT2D eigenvalue weighted by molar-refractivity contribution is 6.30. The van der Waals surface area contributed by atoms with Gasteiger partial charge in [-0.2, -0.15) is 0 Å². The first-order valence-electron chi connectivity index (χ1n) is 10.3. The highest BCUT2D eigenvalue weighted by Crippen LogP contribution is 2.56. The first kappa shape index (κ1) is 20.8. The summed E-state index contributed by atoms with van der Waals surface area (Å²) in [5, 5.41) is 6.51. The lowest BCUT2D eigenvalue weighted by atomic mass is 9.60. The van der Waals surface area contributed by atoms with Crippen LogP contribution in [0.5, 0.6) is 0 Å². The summed E-state index contributed by atoms with van der Waals surface area (Å²) in [6.07, 6.45) is 2.14. The van der Waals surface area contributed by atoms with Gasteiger partial charge in [0.1, 0.15) is 0 Å². The summed E-state index contributed by atoms with van der Waals surface area (Å²) < 4.78 is 0. The summed E-state index contributed by atoms with van der Waals surface area (Å²) in [6.45, 7) is 2.76. The molecule has 8 nitrogen and oxygen atoms in total. The van der Waals surface area contributed by atoms with Crippen LogP contribution in [-0.2, 0) is 4.79 Å². The van der Waals surface area contributed by atoms with Gasteiger partial charge in [0.05, 0.1) is 5.41 Å². The number of nitrogens with one attached hydrogen (secondary N) is 2. The maximum atomic E-state index is 12.9. The summed E-state index contributed by atoms with van der Waals surface area (Å²) in [5.41, 5.74) is -0.159. The van der Waals surface area contributed by atoms with Crippen molar-refractivity contribution >= 4 is 35.3 Å². The summed E-state index contributed by atoms with van der Waals surface area (Å²) in [7, 11) is 3.47. The van der Waals surface area contributed by atoms with Crippen LogP contribution in [0.2, 0.25) is 5.02 Å². The Kier molecular flexibility index (Phi) is 5.30. The number of carbonyl (C=O) groups excluding carboxylic acids is 3. The molecule has 0 saturated carbocycles. The van der Waals surface area contributed by atoms with E-state index in [0.717, 1.165) is 6.42 Å². The van der Waals surface area contributed by atoms with Crippen molar-refractivity contribution in [3.63, 3.8) is 0 Å². The molecule has 2 N–H and O–H groups in total. The molecule has 5 amide bonds. The molecule has 4 rings (SSSR count). The van der Waals surface area contributed by atoms with Crippen LogP contribution < -0.4 is 10.6 Å². The molecule has 9 heteroatoms. The fourth-order valence-electron chi connectivity index (χ4n) is 5.32. The number of nitrogens with zero attached hydrogens (tertiary/aromatic N) is 3. The number of fused-ring (bicyclic) bond motifs is 1. The van der Waals surface area contributed by atoms with E-state index in [0.29, 0.717) is 56.3 Å². The molecular weight excluding hydrogens is 406 g/mol. The molecule has 3 heterocycles. The molecule has 162 valence electrons. The molecule has 1 aromatic carbocycles. The van der Waals surface area contributed by atoms with Gasteiger partial charge in [-0.1, -0.05) is 11.6 Å². The SMILES string of the molecule is CN(C)C(=O)N1CC2(CCN(C(=O)Nc3ccc(Cl)cc3)CC2)[C@]2(CCNC2=O)C1. The Hall–Kier alpha value is -2.48. The third-order valence-corrected chi connectivity index (χ3v) is 7.25. The molecule has 0 unspecified atom stereocenters. The highest BCUT2D eigenvalue weighted by Gasteiger charge is 2.64. The molecule has 1 atom stereocenters. The van der Waals surface area contributed by atoms with Gasteiger partial charge in [0.2, 0.25) is 5.91 Å². The number of rotatable bonds is 1. The Bertz CT molecular complexity index is 851. The second kappa shape index (κ2) is 7.65. The number of anilines is 1. The van der Waals surface area contributed by atoms with Crippen molar-refractivity contribution in [2.45, 2.75) is 19.3 Å². The van der Waals surface area contributed by atoms with Crippen LogP contribution in [0.1, 0.15) is 19.3 Å². The summed E-state index contributed by atoms with van der Waals surface area (Å²) >= 11 is 5.90. The minimum Gasteiger partial charge on any atom is -0.356 e. The van der Waals surface area contributed by atoms with Gasteiger partial charge in [-0.15, -0.1) is 0 Å². The smallest absolute Gasteiger partial charge is 0.321 e. The second-order valence-electron chi connectivity index (χ2n) is 8.83. The van der Waals surface area contributed by atoms with Gasteiger partial charge in [0.25, 0.3) is 0 Å². The van der Waals surface area contributed by atoms with Gasteiger partial charge in [0.15, 0.2) is 0 Å². The van der Waals surface area contributed by atoms with Crippen LogP contribution in [0, 0.1) is 10.8 Å². The molecule has 3 saturated heterocycles. The molecule has 3 fully saturated rings. The number of benzene rings is 1. The van der Waals surface area contributed by atoms with Crippen LogP contribution in [0.3, 0.4) is 0 Å². The van der Waals surface area contributed by atoms with Crippen molar-refractivity contribution < 1.29 is 14.4 Å². The Labute approximate surface area is 181 Å². The van der Waals surface area contributed by atoms with E-state index in [1.54, 1.807) is 48.2 Å². The lowest BCUT2D eigenvalue weighted by Crippen LogP contribution is -2.53. The van der Waals surface area contributed by atoms with Crippen LogP contribution in [0.25, 0.3) is 0 Å². The number of hydrogen-bond acceptors (Lipinski definition) is 3. The number of urea groups is 2. The minimum absolute atomic E-state index is 0.0515. The van der Waals surface area contributed by atoms with Crippen molar-refractivity contribution in [1.29, 1.82) is 0 Å². The fraction of sp³-hybridized carbons (Fsp3) is 0.571. The van der Waals surface area contributed by atoms with Gasteiger partial charge in [-0.05, 0) is 43.5 Å². The first-order valence-corrected chi connectivity index (χ1v) is 10.7. The molecule has 0 aliphatic carbocycles. The van der Waals surface area contributed by atoms with Crippen molar-refractivity contribution in [2.24, 2.45) is 10.8 Å². The fourth-order valence-corrected chi connectivity index (χ4v) is 5.45. The normalized spacial score (nSPS) is 25.0. The molecule has 0 radical (unpaired) electrons. The Morgan fingerprint density at radius 1 is 1.07 bits per heavy atom. The zero-order valence-corrected chi connectivity index (χ0v) is 18.2. The largest absolute Gasteiger partial charge is 0.356 e. The summed E-state index contributed by atoms with van der Waals surface area (Å²) in [6, 6.07) is 6.79. The molecule has 3 aliphatic heterocycles. The van der Waals surface area contributed by atoms with Crippen molar-refractivity contribution in [1.82, 2.24) is 20.0 Å². The van der Waals surface area contributed by atoms with Gasteiger partial charge >= 0.3 is 12.1 Å². The van der Waals surface area contributed by atoms with Gasteiger partial charge in [-0.25, -0.2) is 9.59 Å². The van der Waals surface area contributed by atoms with Crippen molar-refractivity contribution in [3.05, 3.63) is 29.3 Å². The third kappa shape index (κ3) is 3.37. The third-order valence-electron chi connectivity index (χ3n) is 7.00. The number of piperidine rings is 1. The van der Waals surface area contributed by atoms with Gasteiger partial charge in [0, 0.05) is 62.9 Å². The lowest BCUT2D eigenvalue weighted by Gasteiger charge is -2.46. The lowest BCUT2D eigenvalue weighted by molar-refractivity contribution is -0.133. The van der Waals surface area contributed by atoms with E-state index in [2.05, 4.69) is 10.6 Å². The molecule has 2 spiro atoms. The van der Waals surface area contributed by atoms with E-state index in [4.69, 9.17) is 11.6 Å². The van der Waals surface area contributed by atoms with E-state index in [1.807, 2.05) is 4.90 Å². The number of hydrogen-bond donors (Lipinski definition) is 2. The quantitative estimate of drug-likeness (QED) is 0.713. The van der Waals surface area contributed by atoms with E-state index >= 15 is 0 Å². The molecule has 3 aliphatic rings. The van der Waals surface area contributed by atoms with E-state index in [-0.39, 0.29) is 23.4 Å². The highest BCUT2D eigenvalue weighted by atomic mass is 35.5. The zero-order valence-electron chi connectivity index (χ0n) is 17.4. The molecule has 1 aromatic rings. The minimum atomic E-state index is -0.558. The van der Waals surface area contributed by atoms with Crippen molar-refractivity contribution in [3.8, 4) is 0 Å². The molecule has 0 bridgehead atoms. The predicted octanol–water partition coefficient (Wildman–Crippen LogP) is 2.46. The second-order valence-corrected chi connectivity index (χ2v) is 9.26. The Morgan fingerprint density at radius 3 is 2.30 bits per heavy atom. The number of likely N-dealkylation sites (tertiary alicyclic amines) is 2. The average molecular weight is 434 g/mol. The first-order chi connectivity index (χ1) is 14.3. The number of amides is 5. The summed E-state index contributed by atoms with van der Waals surface area (Å²) in [4.78, 5) is 43.5. The van der Waals surface area contributed by atoms with E-state index in [9.17, 15) is 14.4 Å². The van der Waals surface area contributed by atoms with Crippen LogP contribution in [0.4, 0.5) is 15.3 Å². The standard InChI is InChI=1S/C21H28ClN5O3/c1-25(2)19(30)27-13-20(21(14-27)7-10-23-17(21)28)8-11-26(12-9-20)18(29)24-16-5-3-15(22)4-6-16/h3-6H,7-14H2,1-2H3,(H,23,28)(H,24,29)/t21-/m1/s1. The molecule has 0 aromatic heterocycles. The number of carbonyl (C=O) groups is 3. The Morgan fingerprint density at radius 2 is 1.73 bits per heavy atom. The maximum Gasteiger partial charge on any atom is 0.321 e. The molecule has 30 heavy (non-hydrogen) atoms. The van der Waals surface area contributed by atoms with E-state index in [1.165, 1.54) is 0 Å².